The molecular weight excluding hydrogens is 160 g/mol. The standard InChI is InChI=1S/C11H22N2/c1-9(2)8-13-7-6-12-10-4-3-5-11(10)13/h9-12H,3-8H2,1-2H3/t10-,11-/m1/s1. The molecule has 76 valence electrons. The predicted octanol–water partition coefficient (Wildman–Crippen LogP) is 1.47. The lowest BCUT2D eigenvalue weighted by Crippen LogP contribution is -2.56. The average molecular weight is 182 g/mol. The maximum Gasteiger partial charge on any atom is 0.0250 e. The molecule has 0 aromatic rings. The Labute approximate surface area is 81.7 Å². The zero-order chi connectivity index (χ0) is 9.26. The summed E-state index contributed by atoms with van der Waals surface area (Å²) >= 11 is 0. The second-order valence-electron chi connectivity index (χ2n) is 4.95. The predicted molar refractivity (Wildman–Crippen MR) is 55.8 cm³/mol. The summed E-state index contributed by atoms with van der Waals surface area (Å²) in [4.78, 5) is 2.71. The smallest absolute Gasteiger partial charge is 0.0250 e. The van der Waals surface area contributed by atoms with Crippen LogP contribution in [0.25, 0.3) is 0 Å². The van der Waals surface area contributed by atoms with Crippen molar-refractivity contribution in [2.45, 2.75) is 45.2 Å². The molecule has 2 nitrogen and oxygen atoms in total. The van der Waals surface area contributed by atoms with Gasteiger partial charge in [0.15, 0.2) is 0 Å². The second-order valence-corrected chi connectivity index (χ2v) is 4.95. The number of fused-ring (bicyclic) bond motifs is 1. The molecule has 1 aliphatic carbocycles. The van der Waals surface area contributed by atoms with E-state index in [0.717, 1.165) is 18.0 Å². The first-order valence-corrected chi connectivity index (χ1v) is 5.75. The summed E-state index contributed by atoms with van der Waals surface area (Å²) in [7, 11) is 0. The molecule has 0 spiro atoms. The molecule has 0 aromatic carbocycles. The van der Waals surface area contributed by atoms with Gasteiger partial charge < -0.3 is 5.32 Å². The highest BCUT2D eigenvalue weighted by molar-refractivity contribution is 4.94. The van der Waals surface area contributed by atoms with Gasteiger partial charge in [-0.05, 0) is 18.8 Å². The highest BCUT2D eigenvalue weighted by Gasteiger charge is 2.34. The lowest BCUT2D eigenvalue weighted by atomic mass is 10.1. The van der Waals surface area contributed by atoms with Crippen LogP contribution in [-0.2, 0) is 0 Å². The highest BCUT2D eigenvalue weighted by atomic mass is 15.2. The lowest BCUT2D eigenvalue weighted by molar-refractivity contribution is 0.122. The summed E-state index contributed by atoms with van der Waals surface area (Å²) in [6, 6.07) is 1.67. The quantitative estimate of drug-likeness (QED) is 0.695. The van der Waals surface area contributed by atoms with Crippen LogP contribution in [0, 0.1) is 5.92 Å². The van der Waals surface area contributed by atoms with Gasteiger partial charge in [-0.15, -0.1) is 0 Å². The number of rotatable bonds is 2. The molecule has 13 heavy (non-hydrogen) atoms. The molecule has 2 heteroatoms. The number of nitrogens with zero attached hydrogens (tertiary/aromatic N) is 1. The molecule has 1 saturated heterocycles. The lowest BCUT2D eigenvalue weighted by Gasteiger charge is -2.39. The summed E-state index contributed by atoms with van der Waals surface area (Å²) < 4.78 is 0. The van der Waals surface area contributed by atoms with Crippen LogP contribution in [0.5, 0.6) is 0 Å². The fourth-order valence-corrected chi connectivity index (χ4v) is 2.87. The van der Waals surface area contributed by atoms with Crippen LogP contribution in [0.15, 0.2) is 0 Å². The van der Waals surface area contributed by atoms with E-state index in [1.165, 1.54) is 38.9 Å². The van der Waals surface area contributed by atoms with E-state index in [9.17, 15) is 0 Å². The van der Waals surface area contributed by atoms with Gasteiger partial charge in [-0.2, -0.15) is 0 Å². The largest absolute Gasteiger partial charge is 0.311 e. The van der Waals surface area contributed by atoms with E-state index in [4.69, 9.17) is 0 Å². The molecule has 2 atom stereocenters. The average Bonchev–Trinajstić information content (AvgIpc) is 2.51. The van der Waals surface area contributed by atoms with Crippen molar-refractivity contribution in [1.29, 1.82) is 0 Å². The van der Waals surface area contributed by atoms with E-state index in [-0.39, 0.29) is 0 Å². The van der Waals surface area contributed by atoms with E-state index < -0.39 is 0 Å². The van der Waals surface area contributed by atoms with E-state index >= 15 is 0 Å². The topological polar surface area (TPSA) is 15.3 Å². The van der Waals surface area contributed by atoms with Gasteiger partial charge in [0.1, 0.15) is 0 Å². The first kappa shape index (κ1) is 9.47. The number of piperazine rings is 1. The minimum atomic E-state index is 0.812. The fourth-order valence-electron chi connectivity index (χ4n) is 2.87. The number of nitrogens with one attached hydrogen (secondary N) is 1. The van der Waals surface area contributed by atoms with Crippen LogP contribution < -0.4 is 5.32 Å². The van der Waals surface area contributed by atoms with Crippen LogP contribution in [0.2, 0.25) is 0 Å². The summed E-state index contributed by atoms with van der Waals surface area (Å²) in [5.41, 5.74) is 0. The van der Waals surface area contributed by atoms with Gasteiger partial charge in [0, 0.05) is 31.7 Å². The third kappa shape index (κ3) is 2.05. The molecule has 0 radical (unpaired) electrons. The zero-order valence-electron chi connectivity index (χ0n) is 8.92. The zero-order valence-corrected chi connectivity index (χ0v) is 8.92. The highest BCUT2D eigenvalue weighted by Crippen LogP contribution is 2.26. The first-order valence-electron chi connectivity index (χ1n) is 5.75. The second kappa shape index (κ2) is 3.97. The molecule has 1 aliphatic heterocycles. The SMILES string of the molecule is CC(C)CN1CCN[C@@H]2CCC[C@H]21. The van der Waals surface area contributed by atoms with Crippen molar-refractivity contribution in [1.82, 2.24) is 10.2 Å². The molecule has 0 bridgehead atoms. The summed E-state index contributed by atoms with van der Waals surface area (Å²) in [6.07, 6.45) is 4.25. The Hall–Kier alpha value is -0.0800. The molecule has 2 rings (SSSR count). The van der Waals surface area contributed by atoms with Crippen LogP contribution in [-0.4, -0.2) is 36.6 Å². The molecule has 0 unspecified atom stereocenters. The Balaban J connectivity index is 1.93. The molecule has 2 fully saturated rings. The van der Waals surface area contributed by atoms with E-state index in [1.54, 1.807) is 0 Å². The molecule has 0 aromatic heterocycles. The Morgan fingerprint density at radius 2 is 2.23 bits per heavy atom. The van der Waals surface area contributed by atoms with Gasteiger partial charge in [-0.1, -0.05) is 20.3 Å². The minimum absolute atomic E-state index is 0.812. The minimum Gasteiger partial charge on any atom is -0.311 e. The summed E-state index contributed by atoms with van der Waals surface area (Å²) in [5.74, 6) is 0.819. The summed E-state index contributed by atoms with van der Waals surface area (Å²) in [5, 5.41) is 3.64. The van der Waals surface area contributed by atoms with Crippen molar-refractivity contribution >= 4 is 0 Å². The first-order chi connectivity index (χ1) is 6.27. The molecule has 1 heterocycles. The normalized spacial score (nSPS) is 35.3. The van der Waals surface area contributed by atoms with Crippen molar-refractivity contribution in [2.75, 3.05) is 19.6 Å². The van der Waals surface area contributed by atoms with Crippen LogP contribution in [0.1, 0.15) is 33.1 Å². The van der Waals surface area contributed by atoms with Gasteiger partial charge in [0.05, 0.1) is 0 Å². The van der Waals surface area contributed by atoms with Crippen LogP contribution >= 0.6 is 0 Å². The van der Waals surface area contributed by atoms with Crippen molar-refractivity contribution in [2.24, 2.45) is 5.92 Å². The number of hydrogen-bond acceptors (Lipinski definition) is 2. The maximum absolute atomic E-state index is 3.64. The third-order valence-electron chi connectivity index (χ3n) is 3.35. The van der Waals surface area contributed by atoms with Gasteiger partial charge in [-0.25, -0.2) is 0 Å². The van der Waals surface area contributed by atoms with Crippen LogP contribution in [0.3, 0.4) is 0 Å². The summed E-state index contributed by atoms with van der Waals surface area (Å²) in [6.45, 7) is 8.41. The molecule has 1 saturated carbocycles. The Morgan fingerprint density at radius 3 is 3.00 bits per heavy atom. The van der Waals surface area contributed by atoms with Crippen molar-refractivity contribution < 1.29 is 0 Å². The Kier molecular flexibility index (Phi) is 2.89. The van der Waals surface area contributed by atoms with Crippen molar-refractivity contribution in [3.05, 3.63) is 0 Å². The van der Waals surface area contributed by atoms with E-state index in [2.05, 4.69) is 24.1 Å². The third-order valence-corrected chi connectivity index (χ3v) is 3.35. The van der Waals surface area contributed by atoms with E-state index in [0.29, 0.717) is 0 Å². The molecule has 1 N–H and O–H groups in total. The van der Waals surface area contributed by atoms with Gasteiger partial charge in [0.2, 0.25) is 0 Å². The van der Waals surface area contributed by atoms with Gasteiger partial charge in [-0.3, -0.25) is 4.90 Å². The molecule has 0 amide bonds. The van der Waals surface area contributed by atoms with Crippen LogP contribution in [0.4, 0.5) is 0 Å². The maximum atomic E-state index is 3.64. The monoisotopic (exact) mass is 182 g/mol. The number of hydrogen-bond donors (Lipinski definition) is 1. The molecule has 2 aliphatic rings. The Morgan fingerprint density at radius 1 is 1.38 bits per heavy atom. The van der Waals surface area contributed by atoms with Gasteiger partial charge in [0.25, 0.3) is 0 Å². The van der Waals surface area contributed by atoms with Crippen molar-refractivity contribution in [3.63, 3.8) is 0 Å². The van der Waals surface area contributed by atoms with Crippen molar-refractivity contribution in [3.8, 4) is 0 Å². The van der Waals surface area contributed by atoms with Gasteiger partial charge >= 0.3 is 0 Å². The molecular formula is C11H22N2. The fraction of sp³-hybridized carbons (Fsp3) is 1.00. The van der Waals surface area contributed by atoms with E-state index in [1.807, 2.05) is 0 Å². The Bertz CT molecular complexity index is 167.